The molecule has 0 atom stereocenters. The number of ether oxygens (including phenoxy) is 1. The van der Waals surface area contributed by atoms with Gasteiger partial charge in [0.1, 0.15) is 0 Å². The number of hydrogen-bond donors (Lipinski definition) is 1. The van der Waals surface area contributed by atoms with E-state index in [4.69, 9.17) is 4.74 Å². The van der Waals surface area contributed by atoms with Crippen molar-refractivity contribution in [2.75, 3.05) is 5.32 Å². The number of para-hydroxylation sites is 4. The van der Waals surface area contributed by atoms with Gasteiger partial charge in [-0.25, -0.2) is 0 Å². The van der Waals surface area contributed by atoms with Gasteiger partial charge in [0.15, 0.2) is 11.5 Å². The van der Waals surface area contributed by atoms with E-state index < -0.39 is 0 Å². The molecule has 0 saturated heterocycles. The molecule has 0 fully saturated rings. The Balaban J connectivity index is 0.000000853. The van der Waals surface area contributed by atoms with Gasteiger partial charge in [-0.05, 0) is 24.3 Å². The quantitative estimate of drug-likeness (QED) is 0.615. The van der Waals surface area contributed by atoms with E-state index in [1.807, 2.05) is 48.5 Å². The maximum absolute atomic E-state index is 5.71. The first-order valence-electron chi connectivity index (χ1n) is 4.56. The third-order valence-electron chi connectivity index (χ3n) is 2.26. The summed E-state index contributed by atoms with van der Waals surface area (Å²) in [5, 5.41) is 3.32. The van der Waals surface area contributed by atoms with E-state index in [1.54, 1.807) is 0 Å². The molecular formula is C12H9NOZn. The van der Waals surface area contributed by atoms with Crippen molar-refractivity contribution in [3.8, 4) is 11.5 Å². The molecule has 3 heteroatoms. The zero-order chi connectivity index (χ0) is 9.38. The predicted molar refractivity (Wildman–Crippen MR) is 56.2 cm³/mol. The van der Waals surface area contributed by atoms with Crippen LogP contribution in [0.3, 0.4) is 0 Å². The van der Waals surface area contributed by atoms with E-state index in [0.29, 0.717) is 0 Å². The molecule has 2 aromatic rings. The Morgan fingerprint density at radius 2 is 1.20 bits per heavy atom. The van der Waals surface area contributed by atoms with Gasteiger partial charge in [-0.3, -0.25) is 0 Å². The molecule has 0 saturated carbocycles. The zero-order valence-corrected chi connectivity index (χ0v) is 11.2. The first-order valence-corrected chi connectivity index (χ1v) is 4.56. The molecule has 0 spiro atoms. The maximum Gasteiger partial charge on any atom is 0.150 e. The number of rotatable bonds is 0. The molecule has 15 heavy (non-hydrogen) atoms. The van der Waals surface area contributed by atoms with E-state index in [-0.39, 0.29) is 19.5 Å². The minimum atomic E-state index is 0. The Hall–Kier alpha value is -1.34. The van der Waals surface area contributed by atoms with Gasteiger partial charge in [0.05, 0.1) is 11.4 Å². The number of benzene rings is 2. The molecule has 1 N–H and O–H groups in total. The van der Waals surface area contributed by atoms with Crippen molar-refractivity contribution in [2.24, 2.45) is 0 Å². The van der Waals surface area contributed by atoms with Crippen LogP contribution in [0.4, 0.5) is 11.4 Å². The van der Waals surface area contributed by atoms with Gasteiger partial charge < -0.3 is 10.1 Å². The van der Waals surface area contributed by atoms with Crippen LogP contribution in [-0.4, -0.2) is 0 Å². The average molecular weight is 249 g/mol. The Labute approximate surface area is 101 Å². The summed E-state index contributed by atoms with van der Waals surface area (Å²) < 4.78 is 5.71. The first kappa shape index (κ1) is 10.2. The van der Waals surface area contributed by atoms with Crippen LogP contribution in [0.15, 0.2) is 48.5 Å². The number of anilines is 2. The van der Waals surface area contributed by atoms with Crippen LogP contribution in [0.5, 0.6) is 11.5 Å². The monoisotopic (exact) mass is 247 g/mol. The molecule has 0 unspecified atom stereocenters. The summed E-state index contributed by atoms with van der Waals surface area (Å²) in [5.41, 5.74) is 2.04. The van der Waals surface area contributed by atoms with Gasteiger partial charge in [-0.1, -0.05) is 24.3 Å². The van der Waals surface area contributed by atoms with E-state index in [0.717, 1.165) is 22.9 Å². The molecule has 0 amide bonds. The topological polar surface area (TPSA) is 21.3 Å². The van der Waals surface area contributed by atoms with E-state index in [2.05, 4.69) is 5.32 Å². The molecule has 0 aliphatic carbocycles. The van der Waals surface area contributed by atoms with Crippen LogP contribution in [0.25, 0.3) is 0 Å². The Morgan fingerprint density at radius 3 is 1.73 bits per heavy atom. The van der Waals surface area contributed by atoms with Crippen LogP contribution < -0.4 is 10.1 Å². The van der Waals surface area contributed by atoms with Crippen LogP contribution in [0.2, 0.25) is 0 Å². The molecule has 1 aliphatic heterocycles. The van der Waals surface area contributed by atoms with Crippen molar-refractivity contribution >= 4 is 11.4 Å². The number of nitrogens with one attached hydrogen (secondary N) is 1. The van der Waals surface area contributed by atoms with Gasteiger partial charge in [-0.2, -0.15) is 0 Å². The van der Waals surface area contributed by atoms with Crippen molar-refractivity contribution < 1.29 is 24.2 Å². The molecule has 70 valence electrons. The third kappa shape index (κ3) is 1.75. The molecule has 2 aromatic carbocycles. The summed E-state index contributed by atoms with van der Waals surface area (Å²) in [6.45, 7) is 0. The van der Waals surface area contributed by atoms with Crippen molar-refractivity contribution in [3.05, 3.63) is 48.5 Å². The molecular weight excluding hydrogens is 240 g/mol. The summed E-state index contributed by atoms with van der Waals surface area (Å²) in [6, 6.07) is 15.8. The van der Waals surface area contributed by atoms with Gasteiger partial charge in [-0.15, -0.1) is 0 Å². The fourth-order valence-corrected chi connectivity index (χ4v) is 1.58. The Morgan fingerprint density at radius 1 is 0.733 bits per heavy atom. The zero-order valence-electron chi connectivity index (χ0n) is 8.23. The Bertz CT molecular complexity index is 397. The molecule has 3 rings (SSSR count). The second-order valence-electron chi connectivity index (χ2n) is 3.22. The molecule has 1 heterocycles. The number of hydrogen-bond acceptors (Lipinski definition) is 2. The van der Waals surface area contributed by atoms with Crippen molar-refractivity contribution in [3.63, 3.8) is 0 Å². The fourth-order valence-electron chi connectivity index (χ4n) is 1.58. The summed E-state index contributed by atoms with van der Waals surface area (Å²) in [6.07, 6.45) is 0. The summed E-state index contributed by atoms with van der Waals surface area (Å²) >= 11 is 0. The summed E-state index contributed by atoms with van der Waals surface area (Å²) in [5.74, 6) is 1.76. The Kier molecular flexibility index (Phi) is 2.74. The molecule has 0 radical (unpaired) electrons. The molecule has 1 aliphatic rings. The van der Waals surface area contributed by atoms with Crippen LogP contribution in [0, 0.1) is 0 Å². The van der Waals surface area contributed by atoms with Gasteiger partial charge in [0.2, 0.25) is 0 Å². The molecule has 2 nitrogen and oxygen atoms in total. The second-order valence-corrected chi connectivity index (χ2v) is 3.22. The van der Waals surface area contributed by atoms with Crippen LogP contribution in [0.1, 0.15) is 0 Å². The number of fused-ring (bicyclic) bond motifs is 2. The predicted octanol–water partition coefficient (Wildman–Crippen LogP) is 3.53. The fraction of sp³-hybridized carbons (Fsp3) is 0. The van der Waals surface area contributed by atoms with E-state index in [1.165, 1.54) is 0 Å². The summed E-state index contributed by atoms with van der Waals surface area (Å²) in [7, 11) is 0. The minimum Gasteiger partial charge on any atom is -0.453 e. The normalized spacial score (nSPS) is 11.2. The first-order chi connectivity index (χ1) is 6.93. The third-order valence-corrected chi connectivity index (χ3v) is 2.26. The van der Waals surface area contributed by atoms with Crippen LogP contribution >= 0.6 is 0 Å². The second kappa shape index (κ2) is 4.03. The van der Waals surface area contributed by atoms with Crippen LogP contribution in [-0.2, 0) is 19.5 Å². The maximum atomic E-state index is 5.71. The van der Waals surface area contributed by atoms with E-state index in [9.17, 15) is 0 Å². The minimum absolute atomic E-state index is 0. The van der Waals surface area contributed by atoms with Crippen molar-refractivity contribution in [1.29, 1.82) is 0 Å². The van der Waals surface area contributed by atoms with Gasteiger partial charge in [0, 0.05) is 19.5 Å². The van der Waals surface area contributed by atoms with Gasteiger partial charge in [0.25, 0.3) is 0 Å². The van der Waals surface area contributed by atoms with Gasteiger partial charge >= 0.3 is 0 Å². The van der Waals surface area contributed by atoms with Crippen molar-refractivity contribution in [1.82, 2.24) is 0 Å². The SMILES string of the molecule is [Zn].c1ccc2c(c1)Nc1ccccc1O2. The van der Waals surface area contributed by atoms with E-state index >= 15 is 0 Å². The largest absolute Gasteiger partial charge is 0.453 e. The molecule has 0 bridgehead atoms. The summed E-state index contributed by atoms with van der Waals surface area (Å²) in [4.78, 5) is 0. The standard InChI is InChI=1S/C12H9NO.Zn/c1-3-7-11-9(5-1)13-10-6-2-4-8-12(10)14-11;/h1-8,13H;. The average Bonchev–Trinajstić information content (AvgIpc) is 2.26. The van der Waals surface area contributed by atoms with Crippen molar-refractivity contribution in [2.45, 2.75) is 0 Å². The molecule has 0 aromatic heterocycles. The smallest absolute Gasteiger partial charge is 0.150 e.